The first-order valence-electron chi connectivity index (χ1n) is 4.22. The third-order valence-electron chi connectivity index (χ3n) is 2.16. The van der Waals surface area contributed by atoms with Gasteiger partial charge in [-0.3, -0.25) is 0 Å². The minimum atomic E-state index is -5.91. The van der Waals surface area contributed by atoms with Crippen molar-refractivity contribution in [1.82, 2.24) is 0 Å². The standard InChI is InChI=1S/C9H4BrClF6O/c10-5-2-1-4(3-6(5)11)7(18,8(12,13)14)9(15,16)17/h1-3,18H. The molecular weight excluding hydrogens is 353 g/mol. The summed E-state index contributed by atoms with van der Waals surface area (Å²) < 4.78 is 75.1. The van der Waals surface area contributed by atoms with E-state index in [2.05, 4.69) is 15.9 Å². The monoisotopic (exact) mass is 356 g/mol. The molecule has 18 heavy (non-hydrogen) atoms. The molecule has 0 bridgehead atoms. The largest absolute Gasteiger partial charge is 0.430 e. The van der Waals surface area contributed by atoms with Crippen LogP contribution < -0.4 is 0 Å². The molecular formula is C9H4BrClF6O. The number of hydrogen-bond donors (Lipinski definition) is 1. The van der Waals surface area contributed by atoms with Crippen LogP contribution in [0.2, 0.25) is 5.02 Å². The fourth-order valence-electron chi connectivity index (χ4n) is 1.21. The molecule has 0 heterocycles. The van der Waals surface area contributed by atoms with E-state index in [9.17, 15) is 26.3 Å². The van der Waals surface area contributed by atoms with Crippen molar-refractivity contribution in [2.24, 2.45) is 0 Å². The Balaban J connectivity index is 3.51. The summed E-state index contributed by atoms with van der Waals surface area (Å²) in [6.45, 7) is 0. The third-order valence-corrected chi connectivity index (χ3v) is 3.39. The molecule has 1 nitrogen and oxygen atoms in total. The van der Waals surface area contributed by atoms with Gasteiger partial charge in [0.1, 0.15) is 0 Å². The van der Waals surface area contributed by atoms with E-state index in [4.69, 9.17) is 16.7 Å². The lowest BCUT2D eigenvalue weighted by atomic mass is 9.92. The molecule has 1 N–H and O–H groups in total. The fraction of sp³-hybridized carbons (Fsp3) is 0.333. The molecule has 0 atom stereocenters. The quantitative estimate of drug-likeness (QED) is 0.738. The molecule has 1 aromatic rings. The summed E-state index contributed by atoms with van der Waals surface area (Å²) in [5, 5.41) is 8.67. The Bertz CT molecular complexity index is 441. The van der Waals surface area contributed by atoms with Gasteiger partial charge in [0.25, 0.3) is 5.60 Å². The summed E-state index contributed by atoms with van der Waals surface area (Å²) in [6.07, 6.45) is -11.8. The summed E-state index contributed by atoms with van der Waals surface area (Å²) in [5.41, 5.74) is -6.35. The Morgan fingerprint density at radius 1 is 1.00 bits per heavy atom. The van der Waals surface area contributed by atoms with E-state index < -0.39 is 23.5 Å². The van der Waals surface area contributed by atoms with E-state index in [1.807, 2.05) is 0 Å². The molecule has 0 fully saturated rings. The van der Waals surface area contributed by atoms with Crippen molar-refractivity contribution < 1.29 is 31.4 Å². The molecule has 0 amide bonds. The minimum absolute atomic E-state index is 0.111. The van der Waals surface area contributed by atoms with Crippen LogP contribution in [0.3, 0.4) is 0 Å². The molecule has 0 aromatic heterocycles. The zero-order valence-corrected chi connectivity index (χ0v) is 10.5. The third kappa shape index (κ3) is 2.46. The summed E-state index contributed by atoms with van der Waals surface area (Å²) >= 11 is 8.25. The first-order valence-corrected chi connectivity index (χ1v) is 5.39. The first-order chi connectivity index (χ1) is 7.91. The van der Waals surface area contributed by atoms with Crippen LogP contribution in [0, 0.1) is 0 Å². The molecule has 9 heteroatoms. The van der Waals surface area contributed by atoms with E-state index in [1.165, 1.54) is 0 Å². The van der Waals surface area contributed by atoms with Gasteiger partial charge in [-0.05, 0) is 28.1 Å². The maximum Gasteiger partial charge on any atom is 0.430 e. The average Bonchev–Trinajstić information content (AvgIpc) is 2.17. The number of hydrogen-bond acceptors (Lipinski definition) is 1. The SMILES string of the molecule is OC(c1ccc(Br)c(Cl)c1)(C(F)(F)F)C(F)(F)F. The van der Waals surface area contributed by atoms with Crippen molar-refractivity contribution in [3.8, 4) is 0 Å². The van der Waals surface area contributed by atoms with Crippen LogP contribution in [0.25, 0.3) is 0 Å². The topological polar surface area (TPSA) is 20.2 Å². The molecule has 0 aliphatic rings. The predicted molar refractivity (Wildman–Crippen MR) is 55.2 cm³/mol. The zero-order chi connectivity index (χ0) is 14.4. The lowest BCUT2D eigenvalue weighted by Gasteiger charge is -2.32. The van der Waals surface area contributed by atoms with Gasteiger partial charge in [-0.15, -0.1) is 0 Å². The fourth-order valence-corrected chi connectivity index (χ4v) is 1.64. The summed E-state index contributed by atoms with van der Waals surface area (Å²) in [5.74, 6) is 0. The van der Waals surface area contributed by atoms with Crippen LogP contribution in [-0.2, 0) is 5.60 Å². The van der Waals surface area contributed by atoms with Crippen molar-refractivity contribution in [3.63, 3.8) is 0 Å². The maximum absolute atomic E-state index is 12.5. The molecule has 1 rings (SSSR count). The second-order valence-corrected chi connectivity index (χ2v) is 4.60. The van der Waals surface area contributed by atoms with Gasteiger partial charge in [0.2, 0.25) is 0 Å². The average molecular weight is 357 g/mol. The molecule has 0 unspecified atom stereocenters. The van der Waals surface area contributed by atoms with Gasteiger partial charge in [0.15, 0.2) is 0 Å². The highest BCUT2D eigenvalue weighted by Gasteiger charge is 2.71. The van der Waals surface area contributed by atoms with Gasteiger partial charge in [-0.2, -0.15) is 26.3 Å². The lowest BCUT2D eigenvalue weighted by molar-refractivity contribution is -0.376. The minimum Gasteiger partial charge on any atom is -0.369 e. The van der Waals surface area contributed by atoms with E-state index in [1.54, 1.807) is 0 Å². The normalized spacial score (nSPS) is 13.8. The second-order valence-electron chi connectivity index (χ2n) is 3.33. The van der Waals surface area contributed by atoms with E-state index in [0.717, 1.165) is 6.07 Å². The Labute approximate surface area is 110 Å². The molecule has 1 aromatic carbocycles. The molecule has 102 valence electrons. The Morgan fingerprint density at radius 3 is 1.78 bits per heavy atom. The van der Waals surface area contributed by atoms with Crippen LogP contribution in [-0.4, -0.2) is 17.5 Å². The second kappa shape index (κ2) is 4.57. The van der Waals surface area contributed by atoms with Crippen LogP contribution in [0.5, 0.6) is 0 Å². The van der Waals surface area contributed by atoms with Crippen molar-refractivity contribution >= 4 is 27.5 Å². The van der Waals surface area contributed by atoms with E-state index in [0.29, 0.717) is 12.1 Å². The van der Waals surface area contributed by atoms with Crippen LogP contribution in [0.15, 0.2) is 22.7 Å². The van der Waals surface area contributed by atoms with Gasteiger partial charge in [0.05, 0.1) is 5.02 Å². The number of benzene rings is 1. The predicted octanol–water partition coefficient (Wildman–Crippen LogP) is 4.41. The Hall–Kier alpha value is -0.470. The highest BCUT2D eigenvalue weighted by Crippen LogP contribution is 2.50. The van der Waals surface area contributed by atoms with Gasteiger partial charge >= 0.3 is 12.4 Å². The first kappa shape index (κ1) is 15.6. The smallest absolute Gasteiger partial charge is 0.369 e. The van der Waals surface area contributed by atoms with Crippen LogP contribution in [0.4, 0.5) is 26.3 Å². The van der Waals surface area contributed by atoms with Gasteiger partial charge in [0, 0.05) is 10.0 Å². The van der Waals surface area contributed by atoms with Gasteiger partial charge in [-0.25, -0.2) is 0 Å². The summed E-state index contributed by atoms with van der Waals surface area (Å²) in [7, 11) is 0. The summed E-state index contributed by atoms with van der Waals surface area (Å²) in [6, 6.07) is 1.80. The van der Waals surface area contributed by atoms with Gasteiger partial charge < -0.3 is 5.11 Å². The van der Waals surface area contributed by atoms with Crippen LogP contribution >= 0.6 is 27.5 Å². The molecule has 0 aliphatic heterocycles. The van der Waals surface area contributed by atoms with Crippen molar-refractivity contribution in [2.45, 2.75) is 18.0 Å². The van der Waals surface area contributed by atoms with Crippen molar-refractivity contribution in [2.75, 3.05) is 0 Å². The Morgan fingerprint density at radius 2 is 1.44 bits per heavy atom. The van der Waals surface area contributed by atoms with E-state index >= 15 is 0 Å². The molecule has 0 saturated heterocycles. The van der Waals surface area contributed by atoms with Crippen LogP contribution in [0.1, 0.15) is 5.56 Å². The Kier molecular flexibility index (Phi) is 3.96. The molecule has 0 aliphatic carbocycles. The lowest BCUT2D eigenvalue weighted by Crippen LogP contribution is -2.53. The number of halogens is 8. The van der Waals surface area contributed by atoms with E-state index in [-0.39, 0.29) is 9.50 Å². The zero-order valence-electron chi connectivity index (χ0n) is 8.20. The number of aliphatic hydroxyl groups is 1. The number of rotatable bonds is 1. The summed E-state index contributed by atoms with van der Waals surface area (Å²) in [4.78, 5) is 0. The van der Waals surface area contributed by atoms with Gasteiger partial charge in [-0.1, -0.05) is 17.7 Å². The maximum atomic E-state index is 12.5. The molecule has 0 radical (unpaired) electrons. The van der Waals surface area contributed by atoms with Crippen molar-refractivity contribution in [3.05, 3.63) is 33.3 Å². The molecule has 0 spiro atoms. The highest BCUT2D eigenvalue weighted by atomic mass is 79.9. The van der Waals surface area contributed by atoms with Crippen molar-refractivity contribution in [1.29, 1.82) is 0 Å². The highest BCUT2D eigenvalue weighted by molar-refractivity contribution is 9.10. The number of alkyl halides is 6. The molecule has 0 saturated carbocycles.